The van der Waals surface area contributed by atoms with Crippen molar-refractivity contribution in [2.75, 3.05) is 0 Å². The second-order valence-electron chi connectivity index (χ2n) is 4.72. The number of sulfonamides is 1. The van der Waals surface area contributed by atoms with Crippen LogP contribution in [-0.4, -0.2) is 25.2 Å². The first-order valence-corrected chi connectivity index (χ1v) is 7.96. The molecule has 21 heavy (non-hydrogen) atoms. The molecule has 10 heteroatoms. The zero-order valence-corrected chi connectivity index (χ0v) is 12.7. The summed E-state index contributed by atoms with van der Waals surface area (Å²) in [7, 11) is -4.49. The van der Waals surface area contributed by atoms with E-state index in [0.717, 1.165) is 12.1 Å². The maximum Gasteiger partial charge on any atom is 0.407 e. The topological polar surface area (TPSA) is 66.4 Å². The Morgan fingerprint density at radius 1 is 1.24 bits per heavy atom. The second-order valence-corrected chi connectivity index (χ2v) is 7.18. The van der Waals surface area contributed by atoms with Crippen LogP contribution in [0.1, 0.15) is 18.4 Å². The minimum absolute atomic E-state index is 0.0263. The summed E-state index contributed by atoms with van der Waals surface area (Å²) in [6.07, 6.45) is -5.33. The van der Waals surface area contributed by atoms with E-state index in [1.54, 1.807) is 4.72 Å². The Morgan fingerprint density at radius 3 is 2.24 bits per heavy atom. The minimum atomic E-state index is -4.68. The molecule has 0 spiro atoms. The van der Waals surface area contributed by atoms with E-state index in [0.29, 0.717) is 0 Å². The third-order valence-electron chi connectivity index (χ3n) is 3.18. The van der Waals surface area contributed by atoms with Gasteiger partial charge in [0.25, 0.3) is 0 Å². The van der Waals surface area contributed by atoms with Gasteiger partial charge in [0.2, 0.25) is 10.0 Å². The molecule has 1 aliphatic carbocycles. The van der Waals surface area contributed by atoms with Gasteiger partial charge in [0.15, 0.2) is 0 Å². The third kappa shape index (κ3) is 3.14. The lowest BCUT2D eigenvalue weighted by Crippen LogP contribution is -2.47. The van der Waals surface area contributed by atoms with Crippen molar-refractivity contribution in [3.8, 4) is 0 Å². The van der Waals surface area contributed by atoms with Gasteiger partial charge in [-0.25, -0.2) is 8.42 Å². The number of hydrogen-bond acceptors (Lipinski definition) is 3. The summed E-state index contributed by atoms with van der Waals surface area (Å²) in [4.78, 5) is -0.548. The Kier molecular flexibility index (Phi) is 4.23. The Balaban J connectivity index is 2.42. The number of alkyl halides is 3. The highest BCUT2D eigenvalue weighted by Gasteiger charge is 2.65. The van der Waals surface area contributed by atoms with Gasteiger partial charge in [0, 0.05) is 5.02 Å². The van der Waals surface area contributed by atoms with Gasteiger partial charge in [-0.05, 0) is 30.5 Å². The van der Waals surface area contributed by atoms with E-state index in [2.05, 4.69) is 0 Å². The molecule has 1 fully saturated rings. The van der Waals surface area contributed by atoms with Crippen molar-refractivity contribution < 1.29 is 26.7 Å². The Hall–Kier alpha value is -0.540. The van der Waals surface area contributed by atoms with Crippen molar-refractivity contribution in [3.63, 3.8) is 0 Å². The van der Waals surface area contributed by atoms with Crippen LogP contribution in [0.15, 0.2) is 17.0 Å². The van der Waals surface area contributed by atoms with Gasteiger partial charge >= 0.3 is 6.18 Å². The van der Waals surface area contributed by atoms with E-state index in [1.807, 2.05) is 0 Å². The molecule has 0 unspecified atom stereocenters. The third-order valence-corrected chi connectivity index (χ3v) is 5.54. The molecule has 0 atom stereocenters. The molecule has 0 saturated heterocycles. The quantitative estimate of drug-likeness (QED) is 0.864. The van der Waals surface area contributed by atoms with Crippen molar-refractivity contribution in [1.82, 2.24) is 4.72 Å². The van der Waals surface area contributed by atoms with Crippen LogP contribution in [0.2, 0.25) is 10.0 Å². The van der Waals surface area contributed by atoms with E-state index >= 15 is 0 Å². The van der Waals surface area contributed by atoms with Gasteiger partial charge in [-0.1, -0.05) is 23.2 Å². The smallest absolute Gasteiger partial charge is 0.392 e. The average molecular weight is 364 g/mol. The summed E-state index contributed by atoms with van der Waals surface area (Å²) in [6, 6.07) is 2.02. The molecule has 1 aromatic carbocycles. The molecule has 2 rings (SSSR count). The molecule has 1 saturated carbocycles. The molecule has 118 valence electrons. The summed E-state index contributed by atoms with van der Waals surface area (Å²) < 4.78 is 64.4. The normalized spacial score (nSPS) is 17.8. The van der Waals surface area contributed by atoms with Crippen molar-refractivity contribution in [3.05, 3.63) is 27.7 Å². The molecule has 2 N–H and O–H groups in total. The van der Waals surface area contributed by atoms with Crippen molar-refractivity contribution >= 4 is 33.2 Å². The number of nitrogens with one attached hydrogen (secondary N) is 1. The molecule has 0 aliphatic heterocycles. The average Bonchev–Trinajstić information content (AvgIpc) is 3.08. The Morgan fingerprint density at radius 2 is 1.81 bits per heavy atom. The number of benzene rings is 1. The SMILES string of the molecule is O=S(=O)(NC1(C(F)(F)F)CC1)c1cc(CO)c(Cl)cc1Cl. The number of aliphatic hydroxyl groups is 1. The zero-order valence-electron chi connectivity index (χ0n) is 10.3. The van der Waals surface area contributed by atoms with Gasteiger partial charge in [-0.15, -0.1) is 0 Å². The molecule has 0 aromatic heterocycles. The van der Waals surface area contributed by atoms with Crippen molar-refractivity contribution in [2.45, 2.75) is 36.1 Å². The second kappa shape index (κ2) is 5.27. The molecule has 0 radical (unpaired) electrons. The molecular formula is C11H10Cl2F3NO3S. The number of rotatable bonds is 4. The molecule has 0 bridgehead atoms. The highest BCUT2D eigenvalue weighted by atomic mass is 35.5. The fraction of sp³-hybridized carbons (Fsp3) is 0.455. The van der Waals surface area contributed by atoms with Gasteiger partial charge in [-0.3, -0.25) is 0 Å². The van der Waals surface area contributed by atoms with E-state index in [1.165, 1.54) is 0 Å². The predicted octanol–water partition coefficient (Wildman–Crippen LogP) is 2.86. The van der Waals surface area contributed by atoms with Crippen LogP contribution in [0.25, 0.3) is 0 Å². The largest absolute Gasteiger partial charge is 0.407 e. The summed E-state index contributed by atoms with van der Waals surface area (Å²) in [6.45, 7) is -0.567. The Labute approximate surface area is 128 Å². The fourth-order valence-corrected chi connectivity index (χ4v) is 4.08. The van der Waals surface area contributed by atoms with E-state index in [-0.39, 0.29) is 28.5 Å². The zero-order chi connectivity index (χ0) is 16.1. The van der Waals surface area contributed by atoms with Crippen molar-refractivity contribution in [1.29, 1.82) is 0 Å². The monoisotopic (exact) mass is 363 g/mol. The van der Waals surface area contributed by atoms with Crippen molar-refractivity contribution in [2.24, 2.45) is 0 Å². The summed E-state index contributed by atoms with van der Waals surface area (Å²) in [5, 5.41) is 8.76. The first-order chi connectivity index (χ1) is 9.52. The lowest BCUT2D eigenvalue weighted by Gasteiger charge is -2.21. The van der Waals surface area contributed by atoms with Crippen LogP contribution in [0.3, 0.4) is 0 Å². The van der Waals surface area contributed by atoms with Crippen LogP contribution in [0.5, 0.6) is 0 Å². The lowest BCUT2D eigenvalue weighted by atomic mass is 10.2. The van der Waals surface area contributed by atoms with E-state index in [4.69, 9.17) is 28.3 Å². The first kappa shape index (κ1) is 16.8. The van der Waals surface area contributed by atoms with E-state index in [9.17, 15) is 21.6 Å². The van der Waals surface area contributed by atoms with Crippen LogP contribution in [0, 0.1) is 0 Å². The van der Waals surface area contributed by atoms with Gasteiger partial charge in [-0.2, -0.15) is 17.9 Å². The predicted molar refractivity (Wildman–Crippen MR) is 70.7 cm³/mol. The molecule has 1 aliphatic rings. The summed E-state index contributed by atoms with van der Waals surface area (Å²) in [5.41, 5.74) is -2.38. The summed E-state index contributed by atoms with van der Waals surface area (Å²) >= 11 is 11.5. The van der Waals surface area contributed by atoms with Crippen LogP contribution >= 0.6 is 23.2 Å². The van der Waals surface area contributed by atoms with Crippen LogP contribution < -0.4 is 4.72 Å². The maximum atomic E-state index is 12.8. The molecular weight excluding hydrogens is 354 g/mol. The van der Waals surface area contributed by atoms with Gasteiger partial charge < -0.3 is 5.11 Å². The molecule has 1 aromatic rings. The summed E-state index contributed by atoms with van der Waals surface area (Å²) in [5.74, 6) is 0. The Bertz CT molecular complexity index is 672. The highest BCUT2D eigenvalue weighted by Crippen LogP contribution is 2.50. The lowest BCUT2D eigenvalue weighted by molar-refractivity contribution is -0.160. The standard InChI is InChI=1S/C11H10Cl2F3NO3S/c12-7-4-8(13)9(3-6(7)5-18)21(19,20)17-10(1-2-10)11(14,15)16/h3-4,17-18H,1-2,5H2. The van der Waals surface area contributed by atoms with Crippen LogP contribution in [0.4, 0.5) is 13.2 Å². The van der Waals surface area contributed by atoms with Crippen LogP contribution in [-0.2, 0) is 16.6 Å². The number of halogens is 5. The fourth-order valence-electron chi connectivity index (χ4n) is 1.78. The van der Waals surface area contributed by atoms with E-state index < -0.39 is 33.2 Å². The molecule has 0 heterocycles. The highest BCUT2D eigenvalue weighted by molar-refractivity contribution is 7.89. The number of aliphatic hydroxyl groups excluding tert-OH is 1. The number of hydrogen-bond donors (Lipinski definition) is 2. The van der Waals surface area contributed by atoms with Gasteiger partial charge in [0.1, 0.15) is 10.4 Å². The maximum absolute atomic E-state index is 12.8. The van der Waals surface area contributed by atoms with Gasteiger partial charge in [0.05, 0.1) is 11.6 Å². The molecule has 0 amide bonds. The molecule has 4 nitrogen and oxygen atoms in total. The first-order valence-electron chi connectivity index (χ1n) is 5.72. The minimum Gasteiger partial charge on any atom is -0.392 e.